The number of alkyl halides is 3. The Hall–Kier alpha value is -1.47. The van der Waals surface area contributed by atoms with Crippen LogP contribution >= 0.6 is 11.6 Å². The summed E-state index contributed by atoms with van der Waals surface area (Å²) in [6, 6.07) is 7.74. The van der Waals surface area contributed by atoms with Gasteiger partial charge in [-0.05, 0) is 37.0 Å². The second kappa shape index (κ2) is 9.29. The van der Waals surface area contributed by atoms with Crippen LogP contribution in [0.2, 0.25) is 5.02 Å². The number of hydrogen-bond acceptors (Lipinski definition) is 2. The average Bonchev–Trinajstić information content (AvgIpc) is 2.97. The number of rotatable bonds is 6. The fraction of sp³-hybridized carbons (Fsp3) is 0.588. The lowest BCUT2D eigenvalue weighted by Gasteiger charge is -2.19. The zero-order valence-corrected chi connectivity index (χ0v) is 15.0. The molecule has 2 N–H and O–H groups in total. The first-order valence-corrected chi connectivity index (χ1v) is 8.74. The molecule has 140 valence electrons. The zero-order valence-electron chi connectivity index (χ0n) is 14.2. The van der Waals surface area contributed by atoms with Gasteiger partial charge in [0.15, 0.2) is 5.96 Å². The van der Waals surface area contributed by atoms with Gasteiger partial charge in [-0.2, -0.15) is 13.2 Å². The van der Waals surface area contributed by atoms with Gasteiger partial charge in [-0.3, -0.25) is 9.89 Å². The third kappa shape index (κ3) is 7.52. The van der Waals surface area contributed by atoms with Crippen molar-refractivity contribution >= 4 is 17.6 Å². The highest BCUT2D eigenvalue weighted by atomic mass is 35.5. The van der Waals surface area contributed by atoms with E-state index >= 15 is 0 Å². The smallest absolute Gasteiger partial charge is 0.356 e. The topological polar surface area (TPSA) is 39.7 Å². The predicted octanol–water partition coefficient (Wildman–Crippen LogP) is 3.07. The second-order valence-electron chi connectivity index (χ2n) is 6.21. The van der Waals surface area contributed by atoms with E-state index < -0.39 is 12.7 Å². The largest absolute Gasteiger partial charge is 0.401 e. The lowest BCUT2D eigenvalue weighted by molar-refractivity contribution is -0.143. The predicted molar refractivity (Wildman–Crippen MR) is 95.2 cm³/mol. The van der Waals surface area contributed by atoms with E-state index in [0.717, 1.165) is 24.4 Å². The molecule has 1 aliphatic rings. The van der Waals surface area contributed by atoms with E-state index in [0.29, 0.717) is 25.5 Å². The van der Waals surface area contributed by atoms with Crippen molar-refractivity contribution in [2.45, 2.75) is 31.5 Å². The Kier molecular flexibility index (Phi) is 7.38. The number of hydrogen-bond donors (Lipinski definition) is 2. The van der Waals surface area contributed by atoms with E-state index in [2.05, 4.69) is 15.6 Å². The number of halogens is 4. The molecule has 1 heterocycles. The first kappa shape index (κ1) is 19.8. The van der Waals surface area contributed by atoms with Crippen molar-refractivity contribution in [3.05, 3.63) is 34.9 Å². The molecule has 4 nitrogen and oxygen atoms in total. The third-order valence-corrected chi connectivity index (χ3v) is 4.34. The minimum Gasteiger partial charge on any atom is -0.356 e. The van der Waals surface area contributed by atoms with E-state index in [1.54, 1.807) is 7.05 Å². The molecular formula is C17H24ClF3N4. The number of aliphatic imine (C=N–C) groups is 1. The van der Waals surface area contributed by atoms with E-state index in [4.69, 9.17) is 11.6 Å². The van der Waals surface area contributed by atoms with Gasteiger partial charge in [-0.1, -0.05) is 23.7 Å². The van der Waals surface area contributed by atoms with Crippen LogP contribution in [-0.4, -0.2) is 56.3 Å². The van der Waals surface area contributed by atoms with Crippen LogP contribution in [0.5, 0.6) is 0 Å². The van der Waals surface area contributed by atoms with Crippen LogP contribution in [0.25, 0.3) is 0 Å². The van der Waals surface area contributed by atoms with Gasteiger partial charge in [0, 0.05) is 37.7 Å². The van der Waals surface area contributed by atoms with Gasteiger partial charge in [0.05, 0.1) is 6.54 Å². The summed E-state index contributed by atoms with van der Waals surface area (Å²) >= 11 is 5.86. The van der Waals surface area contributed by atoms with Crippen LogP contribution in [0.4, 0.5) is 13.2 Å². The molecule has 1 saturated heterocycles. The number of aryl methyl sites for hydroxylation is 1. The van der Waals surface area contributed by atoms with Crippen LogP contribution in [0.15, 0.2) is 29.3 Å². The van der Waals surface area contributed by atoms with Gasteiger partial charge < -0.3 is 10.6 Å². The van der Waals surface area contributed by atoms with Gasteiger partial charge >= 0.3 is 6.18 Å². The number of nitrogens with one attached hydrogen (secondary N) is 2. The molecule has 1 aromatic rings. The summed E-state index contributed by atoms with van der Waals surface area (Å²) in [6.07, 6.45) is -1.62. The lowest BCUT2D eigenvalue weighted by atomic mass is 10.1. The summed E-state index contributed by atoms with van der Waals surface area (Å²) in [5.74, 6) is 0.634. The molecule has 1 aliphatic heterocycles. The van der Waals surface area contributed by atoms with Crippen molar-refractivity contribution < 1.29 is 13.2 Å². The molecule has 1 aromatic carbocycles. The van der Waals surface area contributed by atoms with Gasteiger partial charge in [-0.25, -0.2) is 0 Å². The van der Waals surface area contributed by atoms with Crippen molar-refractivity contribution in [1.82, 2.24) is 15.5 Å². The Bertz CT molecular complexity index is 560. The summed E-state index contributed by atoms with van der Waals surface area (Å²) in [6.45, 7) is 0.718. The Labute approximate surface area is 151 Å². The van der Waals surface area contributed by atoms with E-state index in [1.165, 1.54) is 10.5 Å². The van der Waals surface area contributed by atoms with E-state index in [1.807, 2.05) is 24.3 Å². The average molecular weight is 377 g/mol. The first-order valence-electron chi connectivity index (χ1n) is 8.36. The molecule has 8 heteroatoms. The maximum atomic E-state index is 12.4. The van der Waals surface area contributed by atoms with Crippen molar-refractivity contribution in [2.24, 2.45) is 4.99 Å². The third-order valence-electron chi connectivity index (χ3n) is 4.09. The normalized spacial score (nSPS) is 19.2. The molecule has 0 aromatic heterocycles. The molecule has 2 rings (SSSR count). The highest BCUT2D eigenvalue weighted by Crippen LogP contribution is 2.19. The molecule has 1 unspecified atom stereocenters. The monoisotopic (exact) mass is 376 g/mol. The van der Waals surface area contributed by atoms with Crippen molar-refractivity contribution in [1.29, 1.82) is 0 Å². The van der Waals surface area contributed by atoms with Gasteiger partial charge in [0.1, 0.15) is 0 Å². The Morgan fingerprint density at radius 2 is 2.04 bits per heavy atom. The molecule has 0 bridgehead atoms. The van der Waals surface area contributed by atoms with Crippen LogP contribution in [0.1, 0.15) is 18.4 Å². The first-order chi connectivity index (χ1) is 11.9. The van der Waals surface area contributed by atoms with Crippen molar-refractivity contribution in [3.8, 4) is 0 Å². The van der Waals surface area contributed by atoms with Crippen LogP contribution < -0.4 is 10.6 Å². The Morgan fingerprint density at radius 1 is 1.32 bits per heavy atom. The van der Waals surface area contributed by atoms with Crippen LogP contribution in [-0.2, 0) is 6.42 Å². The zero-order chi connectivity index (χ0) is 18.3. The highest BCUT2D eigenvalue weighted by Gasteiger charge is 2.34. The maximum Gasteiger partial charge on any atom is 0.401 e. The summed E-state index contributed by atoms with van der Waals surface area (Å²) in [5, 5.41) is 7.14. The molecule has 0 aliphatic carbocycles. The highest BCUT2D eigenvalue weighted by molar-refractivity contribution is 6.30. The summed E-state index contributed by atoms with van der Waals surface area (Å²) < 4.78 is 37.3. The Morgan fingerprint density at radius 3 is 2.68 bits per heavy atom. The molecule has 0 radical (unpaired) electrons. The molecule has 1 fully saturated rings. The van der Waals surface area contributed by atoms with E-state index in [9.17, 15) is 13.2 Å². The minimum atomic E-state index is -4.14. The fourth-order valence-electron chi connectivity index (χ4n) is 2.89. The Balaban J connectivity index is 1.66. The van der Waals surface area contributed by atoms with Gasteiger partial charge in [0.25, 0.3) is 0 Å². The number of nitrogens with zero attached hydrogens (tertiary/aromatic N) is 2. The molecule has 0 spiro atoms. The SMILES string of the molecule is CN=C(NCCCc1ccc(Cl)cc1)NC1CCN(CC(F)(F)F)C1. The quantitative estimate of drug-likeness (QED) is 0.455. The fourth-order valence-corrected chi connectivity index (χ4v) is 3.01. The number of guanidine groups is 1. The summed E-state index contributed by atoms with van der Waals surface area (Å²) in [5.41, 5.74) is 1.22. The molecular weight excluding hydrogens is 353 g/mol. The standard InChI is InChI=1S/C17H24ClF3N4/c1-22-16(23-9-2-3-13-4-6-14(18)7-5-13)24-15-8-10-25(11-15)12-17(19,20)21/h4-7,15H,2-3,8-12H2,1H3,(H2,22,23,24). The molecule has 0 saturated carbocycles. The van der Waals surface area contributed by atoms with E-state index in [-0.39, 0.29) is 6.04 Å². The van der Waals surface area contributed by atoms with Crippen molar-refractivity contribution in [2.75, 3.05) is 33.2 Å². The summed E-state index contributed by atoms with van der Waals surface area (Å²) in [4.78, 5) is 5.57. The van der Waals surface area contributed by atoms with Crippen LogP contribution in [0, 0.1) is 0 Å². The lowest BCUT2D eigenvalue weighted by Crippen LogP contribution is -2.45. The maximum absolute atomic E-state index is 12.4. The molecule has 1 atom stereocenters. The minimum absolute atomic E-state index is 0.00943. The van der Waals surface area contributed by atoms with Gasteiger partial charge in [0.2, 0.25) is 0 Å². The molecule has 25 heavy (non-hydrogen) atoms. The van der Waals surface area contributed by atoms with Crippen molar-refractivity contribution in [3.63, 3.8) is 0 Å². The number of likely N-dealkylation sites (tertiary alicyclic amines) is 1. The van der Waals surface area contributed by atoms with Gasteiger partial charge in [-0.15, -0.1) is 0 Å². The summed E-state index contributed by atoms with van der Waals surface area (Å²) in [7, 11) is 1.66. The second-order valence-corrected chi connectivity index (χ2v) is 6.65. The number of benzene rings is 1. The molecule has 0 amide bonds. The van der Waals surface area contributed by atoms with Crippen LogP contribution in [0.3, 0.4) is 0 Å².